The van der Waals surface area contributed by atoms with Crippen molar-refractivity contribution in [2.75, 3.05) is 5.32 Å². The van der Waals surface area contributed by atoms with Crippen LogP contribution >= 0.6 is 0 Å². The number of para-hydroxylation sites is 2. The standard InChI is InChI=1S/C21H16N6O/c1-27-12-16(15-9-5-6-10-18(15)27)20-25-21(28-26-20)17-11-19(23-13-22-17)24-14-7-3-2-4-8-14/h2-13H,1H3,(H,22,23,24). The highest BCUT2D eigenvalue weighted by Gasteiger charge is 2.16. The molecule has 0 saturated heterocycles. The van der Waals surface area contributed by atoms with Crippen LogP contribution < -0.4 is 5.32 Å². The Morgan fingerprint density at radius 3 is 2.68 bits per heavy atom. The summed E-state index contributed by atoms with van der Waals surface area (Å²) in [6, 6.07) is 19.7. The van der Waals surface area contributed by atoms with E-state index in [1.165, 1.54) is 6.33 Å². The van der Waals surface area contributed by atoms with E-state index in [0.29, 0.717) is 23.2 Å². The number of nitrogens with zero attached hydrogens (tertiary/aromatic N) is 5. The number of aryl methyl sites for hydroxylation is 1. The average Bonchev–Trinajstić information content (AvgIpc) is 3.35. The van der Waals surface area contributed by atoms with Gasteiger partial charge in [0.25, 0.3) is 5.89 Å². The van der Waals surface area contributed by atoms with Crippen LogP contribution in [0.5, 0.6) is 0 Å². The first-order chi connectivity index (χ1) is 13.8. The summed E-state index contributed by atoms with van der Waals surface area (Å²) < 4.78 is 7.53. The number of hydrogen-bond donors (Lipinski definition) is 1. The molecule has 2 aromatic carbocycles. The zero-order valence-corrected chi connectivity index (χ0v) is 15.1. The van der Waals surface area contributed by atoms with E-state index < -0.39 is 0 Å². The van der Waals surface area contributed by atoms with Gasteiger partial charge in [0.1, 0.15) is 17.8 Å². The number of benzene rings is 2. The highest BCUT2D eigenvalue weighted by Crippen LogP contribution is 2.29. The fourth-order valence-electron chi connectivity index (χ4n) is 3.17. The van der Waals surface area contributed by atoms with Gasteiger partial charge >= 0.3 is 0 Å². The Kier molecular flexibility index (Phi) is 3.83. The van der Waals surface area contributed by atoms with E-state index in [-0.39, 0.29) is 0 Å². The van der Waals surface area contributed by atoms with Crippen LogP contribution in [0.25, 0.3) is 33.9 Å². The molecule has 0 radical (unpaired) electrons. The van der Waals surface area contributed by atoms with Gasteiger partial charge in [-0.3, -0.25) is 0 Å². The second-order valence-corrected chi connectivity index (χ2v) is 6.37. The highest BCUT2D eigenvalue weighted by molar-refractivity contribution is 5.94. The first-order valence-corrected chi connectivity index (χ1v) is 8.80. The van der Waals surface area contributed by atoms with Crippen LogP contribution in [0.2, 0.25) is 0 Å². The molecule has 0 amide bonds. The summed E-state index contributed by atoms with van der Waals surface area (Å²) in [5, 5.41) is 8.47. The molecule has 136 valence electrons. The molecular weight excluding hydrogens is 352 g/mol. The zero-order chi connectivity index (χ0) is 18.9. The molecule has 5 aromatic rings. The van der Waals surface area contributed by atoms with Crippen LogP contribution in [-0.2, 0) is 7.05 Å². The lowest BCUT2D eigenvalue weighted by atomic mass is 10.2. The van der Waals surface area contributed by atoms with Crippen molar-refractivity contribution in [3.05, 3.63) is 73.2 Å². The Hall–Kier alpha value is -4.00. The summed E-state index contributed by atoms with van der Waals surface area (Å²) in [4.78, 5) is 13.1. The Bertz CT molecular complexity index is 1260. The zero-order valence-electron chi connectivity index (χ0n) is 15.1. The third-order valence-electron chi connectivity index (χ3n) is 4.50. The van der Waals surface area contributed by atoms with Crippen LogP contribution in [0.15, 0.2) is 77.7 Å². The molecule has 0 aliphatic carbocycles. The molecule has 7 heteroatoms. The van der Waals surface area contributed by atoms with Crippen LogP contribution in [0, 0.1) is 0 Å². The first kappa shape index (κ1) is 16.2. The van der Waals surface area contributed by atoms with Crippen molar-refractivity contribution in [1.82, 2.24) is 24.7 Å². The van der Waals surface area contributed by atoms with Gasteiger partial charge in [0.2, 0.25) is 5.82 Å². The number of nitrogens with one attached hydrogen (secondary N) is 1. The van der Waals surface area contributed by atoms with Crippen LogP contribution in [0.4, 0.5) is 11.5 Å². The number of rotatable bonds is 4. The quantitative estimate of drug-likeness (QED) is 0.505. The topological polar surface area (TPSA) is 81.7 Å². The lowest BCUT2D eigenvalue weighted by molar-refractivity contribution is 0.431. The third kappa shape index (κ3) is 2.88. The van der Waals surface area contributed by atoms with Gasteiger partial charge in [-0.2, -0.15) is 4.98 Å². The minimum Gasteiger partial charge on any atom is -0.350 e. The Morgan fingerprint density at radius 1 is 0.964 bits per heavy atom. The molecule has 5 rings (SSSR count). The fraction of sp³-hybridized carbons (Fsp3) is 0.0476. The molecule has 0 saturated carbocycles. The van der Waals surface area contributed by atoms with Gasteiger partial charge in [0, 0.05) is 41.5 Å². The molecular formula is C21H16N6O. The van der Waals surface area contributed by atoms with Crippen LogP contribution in [-0.4, -0.2) is 24.7 Å². The van der Waals surface area contributed by atoms with Gasteiger partial charge in [-0.15, -0.1) is 0 Å². The maximum atomic E-state index is 5.48. The average molecular weight is 368 g/mol. The molecule has 0 aliphatic heterocycles. The van der Waals surface area contributed by atoms with E-state index in [2.05, 4.69) is 31.5 Å². The van der Waals surface area contributed by atoms with Crippen molar-refractivity contribution in [2.45, 2.75) is 0 Å². The van der Waals surface area contributed by atoms with E-state index in [1.54, 1.807) is 6.07 Å². The van der Waals surface area contributed by atoms with Crippen LogP contribution in [0.3, 0.4) is 0 Å². The molecule has 1 N–H and O–H groups in total. The normalized spacial score (nSPS) is 11.0. The van der Waals surface area contributed by atoms with Crippen molar-refractivity contribution in [3.63, 3.8) is 0 Å². The van der Waals surface area contributed by atoms with Gasteiger partial charge in [-0.05, 0) is 18.2 Å². The van der Waals surface area contributed by atoms with E-state index >= 15 is 0 Å². The molecule has 0 unspecified atom stereocenters. The molecule has 7 nitrogen and oxygen atoms in total. The molecule has 0 fully saturated rings. The Balaban J connectivity index is 1.49. The lowest BCUT2D eigenvalue weighted by Crippen LogP contribution is -1.95. The summed E-state index contributed by atoms with van der Waals surface area (Å²) in [6.07, 6.45) is 3.48. The van der Waals surface area contributed by atoms with Gasteiger partial charge in [0.05, 0.1) is 0 Å². The first-order valence-electron chi connectivity index (χ1n) is 8.80. The van der Waals surface area contributed by atoms with E-state index in [1.807, 2.05) is 66.3 Å². The summed E-state index contributed by atoms with van der Waals surface area (Å²) in [5.74, 6) is 1.53. The molecule has 28 heavy (non-hydrogen) atoms. The minimum absolute atomic E-state index is 0.349. The number of anilines is 2. The maximum absolute atomic E-state index is 5.48. The van der Waals surface area contributed by atoms with Gasteiger partial charge in [-0.1, -0.05) is 41.6 Å². The highest BCUT2D eigenvalue weighted by atomic mass is 16.5. The predicted octanol–water partition coefficient (Wildman–Crippen LogP) is 4.43. The van der Waals surface area contributed by atoms with Gasteiger partial charge in [0.15, 0.2) is 0 Å². The maximum Gasteiger partial charge on any atom is 0.277 e. The van der Waals surface area contributed by atoms with Gasteiger partial charge in [-0.25, -0.2) is 9.97 Å². The number of fused-ring (bicyclic) bond motifs is 1. The van der Waals surface area contributed by atoms with Gasteiger partial charge < -0.3 is 14.4 Å². The second-order valence-electron chi connectivity index (χ2n) is 6.37. The van der Waals surface area contributed by atoms with Crippen molar-refractivity contribution >= 4 is 22.4 Å². The Morgan fingerprint density at radius 2 is 1.79 bits per heavy atom. The molecule has 0 bridgehead atoms. The summed E-state index contributed by atoms with van der Waals surface area (Å²) >= 11 is 0. The molecule has 3 aromatic heterocycles. The SMILES string of the molecule is Cn1cc(-c2noc(-c3cc(Nc4ccccc4)ncn3)n2)c2ccccc21. The number of aromatic nitrogens is 5. The fourth-order valence-corrected chi connectivity index (χ4v) is 3.17. The minimum atomic E-state index is 0.349. The third-order valence-corrected chi connectivity index (χ3v) is 4.50. The van der Waals surface area contributed by atoms with E-state index in [0.717, 1.165) is 22.2 Å². The van der Waals surface area contributed by atoms with Crippen molar-refractivity contribution in [2.24, 2.45) is 7.05 Å². The van der Waals surface area contributed by atoms with Crippen LogP contribution in [0.1, 0.15) is 0 Å². The summed E-state index contributed by atoms with van der Waals surface area (Å²) in [6.45, 7) is 0. The smallest absolute Gasteiger partial charge is 0.277 e. The molecule has 3 heterocycles. The Labute approximate surface area is 160 Å². The van der Waals surface area contributed by atoms with Crippen molar-refractivity contribution < 1.29 is 4.52 Å². The monoisotopic (exact) mass is 368 g/mol. The lowest BCUT2D eigenvalue weighted by Gasteiger charge is -2.04. The molecule has 0 atom stereocenters. The summed E-state index contributed by atoms with van der Waals surface area (Å²) in [5.41, 5.74) is 3.53. The van der Waals surface area contributed by atoms with Crippen molar-refractivity contribution in [3.8, 4) is 23.0 Å². The predicted molar refractivity (Wildman–Crippen MR) is 107 cm³/mol. The largest absolute Gasteiger partial charge is 0.350 e. The van der Waals surface area contributed by atoms with E-state index in [9.17, 15) is 0 Å². The number of hydrogen-bond acceptors (Lipinski definition) is 6. The van der Waals surface area contributed by atoms with Crippen molar-refractivity contribution in [1.29, 1.82) is 0 Å². The molecule has 0 aliphatic rings. The second kappa shape index (κ2) is 6.62. The molecule has 0 spiro atoms. The van der Waals surface area contributed by atoms with E-state index in [4.69, 9.17) is 4.52 Å². The summed E-state index contributed by atoms with van der Waals surface area (Å²) in [7, 11) is 2.00.